The molecule has 0 saturated carbocycles. The largest absolute Gasteiger partial charge is 0.393 e. The average Bonchev–Trinajstić information content (AvgIpc) is 2.18. The summed E-state index contributed by atoms with van der Waals surface area (Å²) in [6.45, 7) is 1.65. The highest BCUT2D eigenvalue weighted by atomic mass is 16.3. The molecule has 76 valence electrons. The molecule has 0 spiro atoms. The fourth-order valence-electron chi connectivity index (χ4n) is 1.27. The second-order valence-corrected chi connectivity index (χ2v) is 3.33. The lowest BCUT2D eigenvalue weighted by Gasteiger charge is -2.23. The average molecular weight is 193 g/mol. The minimum atomic E-state index is -0.750. The van der Waals surface area contributed by atoms with Crippen molar-refractivity contribution >= 4 is 5.96 Å². The second-order valence-electron chi connectivity index (χ2n) is 3.33. The molecule has 1 atom stereocenters. The van der Waals surface area contributed by atoms with Crippen LogP contribution in [0.25, 0.3) is 0 Å². The fraction of sp³-hybridized carbons (Fsp3) is 0.300. The zero-order valence-electron chi connectivity index (χ0n) is 8.14. The molecule has 0 aliphatic carbocycles. The minimum Gasteiger partial charge on any atom is -0.393 e. The topological polar surface area (TPSA) is 84.6 Å². The predicted molar refractivity (Wildman–Crippen MR) is 56.7 cm³/mol. The zero-order valence-corrected chi connectivity index (χ0v) is 8.14. The standard InChI is InChI=1S/C10H15N3O/c1-10(7-14,13-9(11)12)8-5-3-2-4-6-8/h2-6,14H,7H2,1H3,(H4,11,12,13). The molecule has 0 saturated heterocycles. The molecular formula is C10H15N3O. The summed E-state index contributed by atoms with van der Waals surface area (Å²) in [5, 5.41) is 9.27. The van der Waals surface area contributed by atoms with Gasteiger partial charge in [-0.25, -0.2) is 4.99 Å². The van der Waals surface area contributed by atoms with E-state index in [0.29, 0.717) is 0 Å². The lowest BCUT2D eigenvalue weighted by atomic mass is 9.94. The van der Waals surface area contributed by atoms with Crippen LogP contribution in [0.4, 0.5) is 0 Å². The monoisotopic (exact) mass is 193 g/mol. The van der Waals surface area contributed by atoms with E-state index >= 15 is 0 Å². The van der Waals surface area contributed by atoms with Gasteiger partial charge in [0, 0.05) is 0 Å². The van der Waals surface area contributed by atoms with Gasteiger partial charge in [-0.1, -0.05) is 30.3 Å². The third-order valence-electron chi connectivity index (χ3n) is 2.08. The van der Waals surface area contributed by atoms with Crippen LogP contribution in [0.3, 0.4) is 0 Å². The van der Waals surface area contributed by atoms with Crippen molar-refractivity contribution in [2.75, 3.05) is 6.61 Å². The first kappa shape index (κ1) is 10.5. The van der Waals surface area contributed by atoms with E-state index in [9.17, 15) is 5.11 Å². The smallest absolute Gasteiger partial charge is 0.186 e. The summed E-state index contributed by atoms with van der Waals surface area (Å²) in [6.07, 6.45) is 0. The molecule has 1 unspecified atom stereocenters. The summed E-state index contributed by atoms with van der Waals surface area (Å²) in [6, 6.07) is 9.42. The van der Waals surface area contributed by atoms with Gasteiger partial charge in [-0.3, -0.25) is 0 Å². The van der Waals surface area contributed by atoms with E-state index in [-0.39, 0.29) is 12.6 Å². The normalized spacial score (nSPS) is 14.4. The predicted octanol–water partition coefficient (Wildman–Crippen LogP) is 0.167. The highest BCUT2D eigenvalue weighted by Crippen LogP contribution is 2.23. The Labute approximate surface area is 83.3 Å². The van der Waals surface area contributed by atoms with Crippen LogP contribution in [0.1, 0.15) is 12.5 Å². The van der Waals surface area contributed by atoms with Gasteiger partial charge in [0.15, 0.2) is 5.96 Å². The zero-order chi connectivity index (χ0) is 10.6. The van der Waals surface area contributed by atoms with Gasteiger partial charge in [-0.2, -0.15) is 0 Å². The van der Waals surface area contributed by atoms with Crippen LogP contribution >= 0.6 is 0 Å². The molecule has 14 heavy (non-hydrogen) atoms. The molecule has 0 heterocycles. The number of hydrogen-bond donors (Lipinski definition) is 3. The van der Waals surface area contributed by atoms with Crippen LogP contribution in [-0.2, 0) is 5.54 Å². The summed E-state index contributed by atoms with van der Waals surface area (Å²) in [7, 11) is 0. The van der Waals surface area contributed by atoms with Gasteiger partial charge in [-0.15, -0.1) is 0 Å². The Morgan fingerprint density at radius 3 is 2.36 bits per heavy atom. The Balaban J connectivity index is 3.08. The third-order valence-corrected chi connectivity index (χ3v) is 2.08. The summed E-state index contributed by atoms with van der Waals surface area (Å²) < 4.78 is 0. The highest BCUT2D eigenvalue weighted by molar-refractivity contribution is 5.76. The molecule has 5 N–H and O–H groups in total. The van der Waals surface area contributed by atoms with Crippen LogP contribution in [0.5, 0.6) is 0 Å². The lowest BCUT2D eigenvalue weighted by molar-refractivity contribution is 0.211. The SMILES string of the molecule is CC(CO)(N=C(N)N)c1ccccc1. The van der Waals surface area contributed by atoms with Crippen LogP contribution in [0.2, 0.25) is 0 Å². The van der Waals surface area contributed by atoms with E-state index in [2.05, 4.69) is 4.99 Å². The molecule has 0 aliphatic rings. The number of rotatable bonds is 3. The van der Waals surface area contributed by atoms with Crippen molar-refractivity contribution in [2.45, 2.75) is 12.5 Å². The summed E-state index contributed by atoms with van der Waals surface area (Å²) in [5.41, 5.74) is 10.8. The van der Waals surface area contributed by atoms with Crippen molar-refractivity contribution in [2.24, 2.45) is 16.5 Å². The van der Waals surface area contributed by atoms with Crippen LogP contribution < -0.4 is 11.5 Å². The molecule has 0 radical (unpaired) electrons. The molecule has 4 heteroatoms. The van der Waals surface area contributed by atoms with Gasteiger partial charge < -0.3 is 16.6 Å². The summed E-state index contributed by atoms with van der Waals surface area (Å²) in [5.74, 6) is -0.0228. The summed E-state index contributed by atoms with van der Waals surface area (Å²) in [4.78, 5) is 4.02. The van der Waals surface area contributed by atoms with Crippen molar-refractivity contribution in [1.29, 1.82) is 0 Å². The van der Waals surface area contributed by atoms with E-state index in [4.69, 9.17) is 11.5 Å². The highest BCUT2D eigenvalue weighted by Gasteiger charge is 2.24. The molecular weight excluding hydrogens is 178 g/mol. The molecule has 1 aromatic carbocycles. The van der Waals surface area contributed by atoms with Crippen molar-refractivity contribution < 1.29 is 5.11 Å². The van der Waals surface area contributed by atoms with Gasteiger partial charge in [0.25, 0.3) is 0 Å². The second kappa shape index (κ2) is 4.11. The van der Waals surface area contributed by atoms with Crippen molar-refractivity contribution in [3.8, 4) is 0 Å². The maximum atomic E-state index is 9.27. The number of aliphatic hydroxyl groups is 1. The molecule has 4 nitrogen and oxygen atoms in total. The van der Waals surface area contributed by atoms with Crippen molar-refractivity contribution in [3.05, 3.63) is 35.9 Å². The first-order valence-electron chi connectivity index (χ1n) is 4.36. The van der Waals surface area contributed by atoms with Crippen molar-refractivity contribution in [3.63, 3.8) is 0 Å². The number of guanidine groups is 1. The molecule has 0 aliphatic heterocycles. The molecule has 1 rings (SSSR count). The maximum Gasteiger partial charge on any atom is 0.186 e. The van der Waals surface area contributed by atoms with E-state index in [1.54, 1.807) is 6.92 Å². The quantitative estimate of drug-likeness (QED) is 0.472. The Morgan fingerprint density at radius 1 is 1.36 bits per heavy atom. The first-order chi connectivity index (χ1) is 6.58. The number of nitrogens with two attached hydrogens (primary N) is 2. The van der Waals surface area contributed by atoms with Gasteiger partial charge >= 0.3 is 0 Å². The van der Waals surface area contributed by atoms with E-state index in [0.717, 1.165) is 5.56 Å². The van der Waals surface area contributed by atoms with Gasteiger partial charge in [0.05, 0.1) is 6.61 Å². The third kappa shape index (κ3) is 2.23. The molecule has 0 fully saturated rings. The van der Waals surface area contributed by atoms with E-state index in [1.807, 2.05) is 30.3 Å². The number of aliphatic imine (C=N–C) groups is 1. The van der Waals surface area contributed by atoms with Crippen LogP contribution in [0, 0.1) is 0 Å². The van der Waals surface area contributed by atoms with Gasteiger partial charge in [0.1, 0.15) is 5.54 Å². The van der Waals surface area contributed by atoms with Crippen molar-refractivity contribution in [1.82, 2.24) is 0 Å². The summed E-state index contributed by atoms with van der Waals surface area (Å²) >= 11 is 0. The van der Waals surface area contributed by atoms with Gasteiger partial charge in [0.2, 0.25) is 0 Å². The minimum absolute atomic E-state index is 0.0228. The Bertz CT molecular complexity index is 319. The number of aliphatic hydroxyl groups excluding tert-OH is 1. The number of benzene rings is 1. The van der Waals surface area contributed by atoms with E-state index in [1.165, 1.54) is 0 Å². The lowest BCUT2D eigenvalue weighted by Crippen LogP contribution is -2.32. The van der Waals surface area contributed by atoms with Gasteiger partial charge in [-0.05, 0) is 12.5 Å². The van der Waals surface area contributed by atoms with E-state index < -0.39 is 5.54 Å². The molecule has 0 aromatic heterocycles. The maximum absolute atomic E-state index is 9.27. The Morgan fingerprint density at radius 2 is 1.93 bits per heavy atom. The molecule has 1 aromatic rings. The number of nitrogens with zero attached hydrogens (tertiary/aromatic N) is 1. The van der Waals surface area contributed by atoms with Crippen LogP contribution in [-0.4, -0.2) is 17.7 Å². The Kier molecular flexibility index (Phi) is 3.09. The van der Waals surface area contributed by atoms with Crippen LogP contribution in [0.15, 0.2) is 35.3 Å². The molecule has 0 bridgehead atoms. The Hall–Kier alpha value is -1.55. The molecule has 0 amide bonds. The number of hydrogen-bond acceptors (Lipinski definition) is 2. The fourth-order valence-corrected chi connectivity index (χ4v) is 1.27. The first-order valence-corrected chi connectivity index (χ1v) is 4.36.